The summed E-state index contributed by atoms with van der Waals surface area (Å²) in [7, 11) is 0. The van der Waals surface area contributed by atoms with E-state index in [1.54, 1.807) is 0 Å². The highest BCUT2D eigenvalue weighted by Crippen LogP contribution is 2.41. The van der Waals surface area contributed by atoms with Crippen molar-refractivity contribution in [3.8, 4) is 23.0 Å². The predicted octanol–water partition coefficient (Wildman–Crippen LogP) is 2.98. The second-order valence-electron chi connectivity index (χ2n) is 3.81. The maximum atomic E-state index is 12.3. The van der Waals surface area contributed by atoms with Crippen LogP contribution in [-0.4, -0.2) is 25.0 Å². The Morgan fingerprint density at radius 2 is 1.05 bits per heavy atom. The van der Waals surface area contributed by atoms with Gasteiger partial charge < -0.3 is 25.0 Å². The predicted molar refractivity (Wildman–Crippen MR) is 74.2 cm³/mol. The number of hydrogen-bond acceptors (Lipinski definition) is 5. The fourth-order valence-electron chi connectivity index (χ4n) is 1.48. The summed E-state index contributed by atoms with van der Waals surface area (Å²) in [6, 6.07) is 4.11. The van der Waals surface area contributed by atoms with Crippen molar-refractivity contribution in [1.82, 2.24) is 0 Å². The maximum Gasteiger partial charge on any atom is 0.202 e. The molecular formula is C12H8Cl2O5S. The molecule has 0 amide bonds. The average Bonchev–Trinajstić information content (AvgIpc) is 2.37. The Kier molecular flexibility index (Phi) is 4.10. The number of benzene rings is 2. The monoisotopic (exact) mass is 334 g/mol. The van der Waals surface area contributed by atoms with E-state index in [-0.39, 0.29) is 31.3 Å². The van der Waals surface area contributed by atoms with Crippen LogP contribution in [0.15, 0.2) is 34.1 Å². The van der Waals surface area contributed by atoms with E-state index in [2.05, 4.69) is 0 Å². The fraction of sp³-hybridized carbons (Fsp3) is 0. The summed E-state index contributed by atoms with van der Waals surface area (Å²) in [6.45, 7) is 0. The van der Waals surface area contributed by atoms with Crippen molar-refractivity contribution in [3.05, 3.63) is 34.3 Å². The highest BCUT2D eigenvalue weighted by molar-refractivity contribution is 7.91. The average molecular weight is 335 g/mol. The maximum absolute atomic E-state index is 12.3. The Hall–Kier alpha value is -1.47. The molecule has 0 saturated carbocycles. The van der Waals surface area contributed by atoms with Crippen LogP contribution in [0.5, 0.6) is 23.0 Å². The number of rotatable bonds is 2. The third-order valence-electron chi connectivity index (χ3n) is 2.46. The van der Waals surface area contributed by atoms with Crippen LogP contribution in [0.4, 0.5) is 0 Å². The summed E-state index contributed by atoms with van der Waals surface area (Å²) in [5.41, 5.74) is 0. The van der Waals surface area contributed by atoms with Gasteiger partial charge in [0.15, 0.2) is 11.5 Å². The van der Waals surface area contributed by atoms with E-state index < -0.39 is 22.7 Å². The Balaban J connectivity index is 2.54. The van der Waals surface area contributed by atoms with Gasteiger partial charge in [-0.2, -0.15) is 0 Å². The standard InChI is InChI=1S/C12H8Cl2O5S/c13-5-1-11(9(17)3-7(5)15)20(19)12-2-6(14)8(16)4-10(12)18/h1-4,15-18H. The van der Waals surface area contributed by atoms with E-state index in [0.717, 1.165) is 24.3 Å². The van der Waals surface area contributed by atoms with Crippen LogP contribution < -0.4 is 0 Å². The van der Waals surface area contributed by atoms with Crippen molar-refractivity contribution in [2.45, 2.75) is 9.79 Å². The first-order valence-corrected chi connectivity index (χ1v) is 7.06. The molecule has 4 N–H and O–H groups in total. The molecule has 0 aliphatic heterocycles. The van der Waals surface area contributed by atoms with Gasteiger partial charge in [0.1, 0.15) is 11.5 Å². The molecule has 0 heterocycles. The number of phenols is 4. The molecule has 2 aromatic rings. The van der Waals surface area contributed by atoms with E-state index in [4.69, 9.17) is 23.2 Å². The van der Waals surface area contributed by atoms with Crippen LogP contribution in [0, 0.1) is 0 Å². The van der Waals surface area contributed by atoms with Gasteiger partial charge in [0, 0.05) is 35.4 Å². The quantitative estimate of drug-likeness (QED) is 0.632. The van der Waals surface area contributed by atoms with Crippen molar-refractivity contribution in [2.24, 2.45) is 0 Å². The SMILES string of the molecule is [O-][S+](c1cc(Cl)c(O)cc1O)c1cc(Cl)c(O)cc1O. The summed E-state index contributed by atoms with van der Waals surface area (Å²) in [4.78, 5) is -0.213. The second kappa shape index (κ2) is 5.49. The molecule has 2 rings (SSSR count). The molecule has 0 spiro atoms. The van der Waals surface area contributed by atoms with Gasteiger partial charge in [-0.05, 0) is 0 Å². The molecule has 0 aliphatic carbocycles. The molecule has 5 nitrogen and oxygen atoms in total. The minimum absolute atomic E-state index is 0.101. The summed E-state index contributed by atoms with van der Waals surface area (Å²) in [5, 5.41) is 37.8. The number of hydrogen-bond donors (Lipinski definition) is 4. The van der Waals surface area contributed by atoms with E-state index in [1.807, 2.05) is 0 Å². The van der Waals surface area contributed by atoms with Gasteiger partial charge in [-0.1, -0.05) is 23.2 Å². The fourth-order valence-corrected chi connectivity index (χ4v) is 3.12. The topological polar surface area (TPSA) is 104 Å². The Morgan fingerprint density at radius 3 is 1.40 bits per heavy atom. The first-order chi connectivity index (χ1) is 9.31. The van der Waals surface area contributed by atoms with Gasteiger partial charge in [-0.15, -0.1) is 0 Å². The minimum atomic E-state index is -2.00. The van der Waals surface area contributed by atoms with E-state index >= 15 is 0 Å². The Bertz CT molecular complexity index is 620. The molecule has 0 fully saturated rings. The molecule has 0 aliphatic rings. The van der Waals surface area contributed by atoms with Gasteiger partial charge in [0.2, 0.25) is 9.79 Å². The highest BCUT2D eigenvalue weighted by Gasteiger charge is 2.26. The highest BCUT2D eigenvalue weighted by atomic mass is 35.5. The molecule has 0 bridgehead atoms. The van der Waals surface area contributed by atoms with Crippen molar-refractivity contribution in [1.29, 1.82) is 0 Å². The molecule has 0 unspecified atom stereocenters. The van der Waals surface area contributed by atoms with E-state index in [9.17, 15) is 25.0 Å². The number of phenolic OH excluding ortho intramolecular Hbond substituents is 4. The van der Waals surface area contributed by atoms with Crippen molar-refractivity contribution >= 4 is 34.4 Å². The van der Waals surface area contributed by atoms with Crippen molar-refractivity contribution < 1.29 is 25.0 Å². The second-order valence-corrected chi connectivity index (χ2v) is 6.04. The minimum Gasteiger partial charge on any atom is -0.606 e. The zero-order chi connectivity index (χ0) is 15.0. The van der Waals surface area contributed by atoms with E-state index in [1.165, 1.54) is 0 Å². The molecule has 0 saturated heterocycles. The largest absolute Gasteiger partial charge is 0.606 e. The lowest BCUT2D eigenvalue weighted by Crippen LogP contribution is -2.03. The summed E-state index contributed by atoms with van der Waals surface area (Å²) in [6.07, 6.45) is 0. The molecular weight excluding hydrogens is 327 g/mol. The molecule has 0 atom stereocenters. The third-order valence-corrected chi connectivity index (χ3v) is 4.51. The third kappa shape index (κ3) is 2.69. The van der Waals surface area contributed by atoms with Crippen LogP contribution in [-0.2, 0) is 11.2 Å². The normalized spacial score (nSPS) is 11.0. The molecule has 2 aromatic carbocycles. The van der Waals surface area contributed by atoms with Crippen LogP contribution in [0.25, 0.3) is 0 Å². The van der Waals surface area contributed by atoms with E-state index in [0.29, 0.717) is 0 Å². The van der Waals surface area contributed by atoms with Gasteiger partial charge in [-0.25, -0.2) is 0 Å². The molecule has 0 aromatic heterocycles. The summed E-state index contributed by atoms with van der Waals surface area (Å²) in [5.74, 6) is -1.63. The lowest BCUT2D eigenvalue weighted by molar-refractivity contribution is 0.436. The molecule has 20 heavy (non-hydrogen) atoms. The lowest BCUT2D eigenvalue weighted by atomic mass is 10.3. The van der Waals surface area contributed by atoms with Crippen molar-refractivity contribution in [3.63, 3.8) is 0 Å². The zero-order valence-electron chi connectivity index (χ0n) is 9.67. The van der Waals surface area contributed by atoms with Crippen molar-refractivity contribution in [2.75, 3.05) is 0 Å². The Morgan fingerprint density at radius 1 is 0.700 bits per heavy atom. The smallest absolute Gasteiger partial charge is 0.202 e. The number of aromatic hydroxyl groups is 4. The van der Waals surface area contributed by atoms with Crippen LogP contribution >= 0.6 is 23.2 Å². The summed E-state index contributed by atoms with van der Waals surface area (Å²) >= 11 is 9.38. The lowest BCUT2D eigenvalue weighted by Gasteiger charge is -2.13. The molecule has 106 valence electrons. The molecule has 8 heteroatoms. The van der Waals surface area contributed by atoms with Crippen LogP contribution in [0.2, 0.25) is 10.0 Å². The summed E-state index contributed by atoms with van der Waals surface area (Å²) < 4.78 is 12.3. The number of halogens is 2. The van der Waals surface area contributed by atoms with Crippen LogP contribution in [0.1, 0.15) is 0 Å². The van der Waals surface area contributed by atoms with Crippen LogP contribution in [0.3, 0.4) is 0 Å². The van der Waals surface area contributed by atoms with Gasteiger partial charge in [-0.3, -0.25) is 0 Å². The zero-order valence-corrected chi connectivity index (χ0v) is 12.0. The first kappa shape index (κ1) is 14.9. The molecule has 0 radical (unpaired) electrons. The van der Waals surface area contributed by atoms with Gasteiger partial charge in [0.25, 0.3) is 0 Å². The Labute approximate surface area is 126 Å². The van der Waals surface area contributed by atoms with Gasteiger partial charge in [0.05, 0.1) is 10.0 Å². The van der Waals surface area contributed by atoms with Gasteiger partial charge >= 0.3 is 0 Å². The first-order valence-electron chi connectivity index (χ1n) is 5.16.